The van der Waals surface area contributed by atoms with Crippen molar-refractivity contribution < 1.29 is 19.2 Å². The van der Waals surface area contributed by atoms with E-state index in [1.54, 1.807) is 13.8 Å². The summed E-state index contributed by atoms with van der Waals surface area (Å²) in [5.74, 6) is -0.699. The van der Waals surface area contributed by atoms with Crippen molar-refractivity contribution in [1.82, 2.24) is 9.80 Å². The molecule has 27 heavy (non-hydrogen) atoms. The average molecular weight is 373 g/mol. The molecule has 1 aromatic carbocycles. The van der Waals surface area contributed by atoms with Crippen LogP contribution in [0.3, 0.4) is 0 Å². The van der Waals surface area contributed by atoms with E-state index < -0.39 is 4.92 Å². The third-order valence-electron chi connectivity index (χ3n) is 4.71. The normalized spacial score (nSPS) is 23.6. The summed E-state index contributed by atoms with van der Waals surface area (Å²) in [6.07, 6.45) is -0.147. The second kappa shape index (κ2) is 7.11. The molecule has 8 nitrogen and oxygen atoms in total. The van der Waals surface area contributed by atoms with Gasteiger partial charge in [-0.05, 0) is 45.4 Å². The molecule has 0 aliphatic carbocycles. The van der Waals surface area contributed by atoms with Crippen molar-refractivity contribution in [3.8, 4) is 0 Å². The van der Waals surface area contributed by atoms with E-state index in [1.807, 2.05) is 18.7 Å². The molecule has 0 spiro atoms. The highest BCUT2D eigenvalue weighted by molar-refractivity contribution is 6.35. The summed E-state index contributed by atoms with van der Waals surface area (Å²) in [7, 11) is 0. The van der Waals surface area contributed by atoms with Gasteiger partial charge < -0.3 is 9.64 Å². The summed E-state index contributed by atoms with van der Waals surface area (Å²) < 4.78 is 5.75. The number of non-ortho nitro benzene ring substituents is 1. The first-order valence-corrected chi connectivity index (χ1v) is 8.98. The van der Waals surface area contributed by atoms with Crippen molar-refractivity contribution in [2.75, 3.05) is 13.1 Å². The Balaban J connectivity index is 2.10. The maximum Gasteiger partial charge on any atom is 0.278 e. The van der Waals surface area contributed by atoms with E-state index in [-0.39, 0.29) is 35.8 Å². The molecule has 1 aromatic rings. The van der Waals surface area contributed by atoms with Crippen molar-refractivity contribution in [2.45, 2.75) is 45.9 Å². The minimum atomic E-state index is -0.494. The van der Waals surface area contributed by atoms with Crippen LogP contribution in [0.2, 0.25) is 0 Å². The van der Waals surface area contributed by atoms with Gasteiger partial charge in [-0.2, -0.15) is 0 Å². The zero-order valence-corrected chi connectivity index (χ0v) is 15.8. The van der Waals surface area contributed by atoms with Crippen molar-refractivity contribution >= 4 is 23.1 Å². The van der Waals surface area contributed by atoms with Gasteiger partial charge in [-0.25, -0.2) is 0 Å². The third kappa shape index (κ3) is 3.44. The Morgan fingerprint density at radius 2 is 1.63 bits per heavy atom. The van der Waals surface area contributed by atoms with Gasteiger partial charge in [-0.1, -0.05) is 0 Å². The van der Waals surface area contributed by atoms with Crippen LogP contribution in [-0.4, -0.2) is 57.9 Å². The van der Waals surface area contributed by atoms with Gasteiger partial charge in [-0.15, -0.1) is 0 Å². The van der Waals surface area contributed by atoms with Crippen LogP contribution in [0.4, 0.5) is 5.69 Å². The van der Waals surface area contributed by atoms with Crippen LogP contribution in [-0.2, 0) is 14.3 Å². The number of ether oxygens (including phenoxy) is 1. The molecule has 0 N–H and O–H groups in total. The SMILES string of the molecule is CC1CN(C2=C(c3ccc([N+](=O)[O-])cc3)C(=O)N(C(C)C)C2=O)CC(C)O1. The van der Waals surface area contributed by atoms with E-state index in [2.05, 4.69) is 0 Å². The Hall–Kier alpha value is -2.74. The number of nitrogens with zero attached hydrogens (tertiary/aromatic N) is 3. The van der Waals surface area contributed by atoms with Crippen molar-refractivity contribution in [3.63, 3.8) is 0 Å². The first-order chi connectivity index (χ1) is 12.7. The molecule has 8 heteroatoms. The summed E-state index contributed by atoms with van der Waals surface area (Å²) in [5.41, 5.74) is 1.09. The Morgan fingerprint density at radius 3 is 2.11 bits per heavy atom. The highest BCUT2D eigenvalue weighted by Crippen LogP contribution is 2.34. The molecule has 1 fully saturated rings. The molecule has 144 valence electrons. The largest absolute Gasteiger partial charge is 0.372 e. The number of nitro groups is 1. The smallest absolute Gasteiger partial charge is 0.278 e. The Morgan fingerprint density at radius 1 is 1.07 bits per heavy atom. The summed E-state index contributed by atoms with van der Waals surface area (Å²) in [6, 6.07) is 5.46. The van der Waals surface area contributed by atoms with Crippen LogP contribution in [0.1, 0.15) is 33.3 Å². The number of carbonyl (C=O) groups excluding carboxylic acids is 2. The van der Waals surface area contributed by atoms with Gasteiger partial charge in [0.15, 0.2) is 0 Å². The molecule has 2 heterocycles. The van der Waals surface area contributed by atoms with E-state index in [4.69, 9.17) is 4.74 Å². The van der Waals surface area contributed by atoms with E-state index in [0.717, 1.165) is 0 Å². The van der Waals surface area contributed by atoms with Crippen molar-refractivity contribution in [3.05, 3.63) is 45.6 Å². The number of nitro benzene ring substituents is 1. The molecule has 1 saturated heterocycles. The number of hydrogen-bond acceptors (Lipinski definition) is 6. The molecule has 2 amide bonds. The lowest BCUT2D eigenvalue weighted by molar-refractivity contribution is -0.384. The number of carbonyl (C=O) groups is 2. The van der Waals surface area contributed by atoms with Crippen LogP contribution in [0, 0.1) is 10.1 Å². The highest BCUT2D eigenvalue weighted by atomic mass is 16.6. The van der Waals surface area contributed by atoms with E-state index >= 15 is 0 Å². The minimum absolute atomic E-state index is 0.0630. The molecule has 0 bridgehead atoms. The highest BCUT2D eigenvalue weighted by Gasteiger charge is 2.44. The third-order valence-corrected chi connectivity index (χ3v) is 4.71. The fourth-order valence-corrected chi connectivity index (χ4v) is 3.67. The van der Waals surface area contributed by atoms with Crippen LogP contribution in [0.25, 0.3) is 5.57 Å². The van der Waals surface area contributed by atoms with Crippen LogP contribution in [0.5, 0.6) is 0 Å². The summed E-state index contributed by atoms with van der Waals surface area (Å²) in [4.78, 5) is 39.7. The molecule has 0 saturated carbocycles. The van der Waals surface area contributed by atoms with Gasteiger partial charge in [0.25, 0.3) is 17.5 Å². The van der Waals surface area contributed by atoms with Gasteiger partial charge in [0, 0.05) is 31.3 Å². The number of morpholine rings is 1. The molecule has 0 aromatic heterocycles. The maximum atomic E-state index is 13.1. The van der Waals surface area contributed by atoms with Crippen LogP contribution < -0.4 is 0 Å². The van der Waals surface area contributed by atoms with Gasteiger partial charge in [0.2, 0.25) is 0 Å². The molecule has 2 unspecified atom stereocenters. The van der Waals surface area contributed by atoms with Crippen molar-refractivity contribution in [1.29, 1.82) is 0 Å². The number of amides is 2. The first-order valence-electron chi connectivity index (χ1n) is 8.98. The van der Waals surface area contributed by atoms with Gasteiger partial charge in [-0.3, -0.25) is 24.6 Å². The lowest BCUT2D eigenvalue weighted by atomic mass is 10.0. The van der Waals surface area contributed by atoms with E-state index in [1.165, 1.54) is 29.2 Å². The molecular weight excluding hydrogens is 350 g/mol. The van der Waals surface area contributed by atoms with Gasteiger partial charge in [0.05, 0.1) is 22.7 Å². The van der Waals surface area contributed by atoms with E-state index in [0.29, 0.717) is 29.9 Å². The lowest BCUT2D eigenvalue weighted by Gasteiger charge is -2.37. The van der Waals surface area contributed by atoms with Crippen LogP contribution in [0.15, 0.2) is 30.0 Å². The monoisotopic (exact) mass is 373 g/mol. The number of hydrogen-bond donors (Lipinski definition) is 0. The Bertz CT molecular complexity index is 805. The fraction of sp³-hybridized carbons (Fsp3) is 0.474. The molecule has 2 aliphatic rings. The molecule has 2 aliphatic heterocycles. The standard InChI is InChI=1S/C19H23N3O5/c1-11(2)21-18(23)16(14-5-7-15(8-6-14)22(25)26)17(19(21)24)20-9-12(3)27-13(4)10-20/h5-8,11-13H,9-10H2,1-4H3. The van der Waals surface area contributed by atoms with Crippen LogP contribution >= 0.6 is 0 Å². The average Bonchev–Trinajstić information content (AvgIpc) is 2.84. The number of imide groups is 1. The molecule has 2 atom stereocenters. The Labute approximate surface area is 157 Å². The molecule has 3 rings (SSSR count). The summed E-state index contributed by atoms with van der Waals surface area (Å²) >= 11 is 0. The summed E-state index contributed by atoms with van der Waals surface area (Å²) in [5, 5.41) is 10.9. The predicted molar refractivity (Wildman–Crippen MR) is 98.6 cm³/mol. The second-order valence-electron chi connectivity index (χ2n) is 7.26. The maximum absolute atomic E-state index is 13.1. The fourth-order valence-electron chi connectivity index (χ4n) is 3.67. The first kappa shape index (κ1) is 19.0. The van der Waals surface area contributed by atoms with E-state index in [9.17, 15) is 19.7 Å². The van der Waals surface area contributed by atoms with Crippen molar-refractivity contribution in [2.24, 2.45) is 0 Å². The summed E-state index contributed by atoms with van der Waals surface area (Å²) in [6.45, 7) is 8.43. The Kier molecular flexibility index (Phi) is 5.01. The quantitative estimate of drug-likeness (QED) is 0.456. The zero-order chi connectivity index (χ0) is 19.9. The predicted octanol–water partition coefficient (Wildman–Crippen LogP) is 2.19. The number of rotatable bonds is 4. The van der Waals surface area contributed by atoms with Gasteiger partial charge >= 0.3 is 0 Å². The minimum Gasteiger partial charge on any atom is -0.372 e. The van der Waals surface area contributed by atoms with Gasteiger partial charge in [0.1, 0.15) is 5.70 Å². The molecular formula is C19H23N3O5. The molecule has 0 radical (unpaired) electrons. The number of benzene rings is 1. The zero-order valence-electron chi connectivity index (χ0n) is 15.8. The lowest BCUT2D eigenvalue weighted by Crippen LogP contribution is -2.47. The topological polar surface area (TPSA) is 93.0 Å². The second-order valence-corrected chi connectivity index (χ2v) is 7.26.